The van der Waals surface area contributed by atoms with Gasteiger partial charge in [0.05, 0.1) is 6.04 Å². The van der Waals surface area contributed by atoms with Crippen molar-refractivity contribution < 1.29 is 38.6 Å². The molecule has 5 amide bonds. The van der Waals surface area contributed by atoms with Gasteiger partial charge in [0, 0.05) is 18.9 Å². The maximum absolute atomic E-state index is 13.7. The highest BCUT2D eigenvalue weighted by molar-refractivity contribution is 5.95. The van der Waals surface area contributed by atoms with E-state index in [9.17, 15) is 33.9 Å². The number of hydrogen-bond donors (Lipinski definition) is 6. The van der Waals surface area contributed by atoms with Crippen LogP contribution in [0, 0.1) is 11.8 Å². The van der Waals surface area contributed by atoms with Crippen molar-refractivity contribution in [1.29, 1.82) is 0 Å². The highest BCUT2D eigenvalue weighted by Crippen LogP contribution is 2.13. The van der Waals surface area contributed by atoms with Crippen molar-refractivity contribution in [2.24, 2.45) is 11.8 Å². The lowest BCUT2D eigenvalue weighted by molar-refractivity contribution is -0.148. The SMILES string of the molecule is CCCCCC/C=C\CC(=O)N[C@@H](Cc1ccc(O)cc1)C(=O)N[C@H](C(=O)N[C@@H]1/C=C/C(=O)N[C@@H](C(C)C)C(=O)N[C@@H](C)C(=O)OC1)C(C)C. The van der Waals surface area contributed by atoms with Crippen LogP contribution >= 0.6 is 0 Å². The molecule has 1 aliphatic rings. The summed E-state index contributed by atoms with van der Waals surface area (Å²) in [5.74, 6) is -4.00. The second-order valence-electron chi connectivity index (χ2n) is 13.3. The minimum Gasteiger partial charge on any atom is -0.508 e. The second kappa shape index (κ2) is 21.4. The molecule has 13 heteroatoms. The van der Waals surface area contributed by atoms with Crippen molar-refractivity contribution >= 4 is 35.5 Å². The van der Waals surface area contributed by atoms with Gasteiger partial charge in [0.15, 0.2) is 0 Å². The number of hydrogen-bond acceptors (Lipinski definition) is 8. The summed E-state index contributed by atoms with van der Waals surface area (Å²) in [4.78, 5) is 78.1. The second-order valence-corrected chi connectivity index (χ2v) is 13.3. The van der Waals surface area contributed by atoms with Crippen molar-refractivity contribution in [3.8, 4) is 5.75 Å². The Kier molecular flexibility index (Phi) is 17.8. The molecule has 276 valence electrons. The van der Waals surface area contributed by atoms with E-state index in [1.165, 1.54) is 31.6 Å². The lowest BCUT2D eigenvalue weighted by Gasteiger charge is -2.27. The number of benzene rings is 1. The summed E-state index contributed by atoms with van der Waals surface area (Å²) >= 11 is 0. The number of cyclic esters (lactones) is 1. The lowest BCUT2D eigenvalue weighted by atomic mass is 10.0. The Labute approximate surface area is 295 Å². The smallest absolute Gasteiger partial charge is 0.328 e. The minimum atomic E-state index is -1.06. The molecular weight excluding hydrogens is 642 g/mol. The van der Waals surface area contributed by atoms with Gasteiger partial charge in [0.1, 0.15) is 36.5 Å². The number of nitrogens with one attached hydrogen (secondary N) is 5. The standard InChI is InChI=1S/C37H55N5O8/c1-7-8-9-10-11-12-13-14-30(44)40-29(21-26-15-18-28(43)19-16-26)34(46)42-33(24(4)5)36(48)39-27-17-20-31(45)41-32(23(2)3)35(47)38-25(6)37(49)50-22-27/h12-13,15-20,23-25,27,29,32-33,43H,7-11,14,21-22H2,1-6H3,(H,38,47)(H,39,48)(H,40,44)(H,41,45)(H,42,46)/b13-12-,20-17+/t25-,27+,29-,32-,33-/m0/s1. The molecule has 13 nitrogen and oxygen atoms in total. The Hall–Kier alpha value is -4.68. The topological polar surface area (TPSA) is 192 Å². The minimum absolute atomic E-state index is 0.0577. The number of phenols is 1. The highest BCUT2D eigenvalue weighted by atomic mass is 16.5. The number of amides is 5. The Morgan fingerprint density at radius 1 is 0.960 bits per heavy atom. The number of carbonyl (C=O) groups excluding carboxylic acids is 6. The fraction of sp³-hybridized carbons (Fsp3) is 0.568. The zero-order valence-corrected chi connectivity index (χ0v) is 30.1. The molecule has 1 aromatic carbocycles. The number of esters is 1. The van der Waals surface area contributed by atoms with Crippen LogP contribution in [0.15, 0.2) is 48.6 Å². The summed E-state index contributed by atoms with van der Waals surface area (Å²) in [7, 11) is 0. The van der Waals surface area contributed by atoms with E-state index in [2.05, 4.69) is 33.5 Å². The number of unbranched alkanes of at least 4 members (excludes halogenated alkanes) is 4. The number of ether oxygens (including phenoxy) is 1. The molecule has 5 atom stereocenters. The van der Waals surface area contributed by atoms with E-state index < -0.39 is 65.7 Å². The van der Waals surface area contributed by atoms with E-state index in [1.807, 2.05) is 6.08 Å². The van der Waals surface area contributed by atoms with E-state index in [0.29, 0.717) is 5.56 Å². The molecule has 0 aromatic heterocycles. The van der Waals surface area contributed by atoms with Gasteiger partial charge >= 0.3 is 5.97 Å². The molecule has 50 heavy (non-hydrogen) atoms. The fourth-order valence-corrected chi connectivity index (χ4v) is 5.13. The van der Waals surface area contributed by atoms with E-state index in [1.54, 1.807) is 45.9 Å². The maximum atomic E-state index is 13.7. The predicted octanol–water partition coefficient (Wildman–Crippen LogP) is 2.72. The number of allylic oxidation sites excluding steroid dienone is 1. The van der Waals surface area contributed by atoms with Crippen LogP contribution in [0.5, 0.6) is 5.75 Å². The molecule has 0 saturated carbocycles. The van der Waals surface area contributed by atoms with E-state index in [4.69, 9.17) is 4.74 Å². The third-order valence-corrected chi connectivity index (χ3v) is 8.14. The van der Waals surface area contributed by atoms with Crippen LogP contribution in [0.4, 0.5) is 0 Å². The first kappa shape index (κ1) is 41.5. The molecule has 0 fully saturated rings. The Balaban J connectivity index is 2.20. The van der Waals surface area contributed by atoms with E-state index >= 15 is 0 Å². The summed E-state index contributed by atoms with van der Waals surface area (Å²) in [6.45, 7) is 10.2. The van der Waals surface area contributed by atoms with Gasteiger partial charge < -0.3 is 36.4 Å². The number of carbonyl (C=O) groups is 6. The van der Waals surface area contributed by atoms with Crippen molar-refractivity contribution in [2.75, 3.05) is 6.61 Å². The normalized spacial score (nSPS) is 20.5. The number of phenolic OH excluding ortho intramolecular Hbond substituents is 1. The number of rotatable bonds is 16. The summed E-state index contributed by atoms with van der Waals surface area (Å²) in [5.41, 5.74) is 0.684. The van der Waals surface area contributed by atoms with Gasteiger partial charge in [-0.05, 0) is 49.3 Å². The average Bonchev–Trinajstić information content (AvgIpc) is 3.06. The monoisotopic (exact) mass is 697 g/mol. The van der Waals surface area contributed by atoms with Gasteiger partial charge in [0.25, 0.3) is 0 Å². The van der Waals surface area contributed by atoms with Crippen molar-refractivity contribution in [3.63, 3.8) is 0 Å². The quantitative estimate of drug-likeness (QED) is 0.0863. The van der Waals surface area contributed by atoms with Gasteiger partial charge in [-0.15, -0.1) is 0 Å². The van der Waals surface area contributed by atoms with Crippen LogP contribution < -0.4 is 26.6 Å². The average molecular weight is 698 g/mol. The molecule has 1 heterocycles. The maximum Gasteiger partial charge on any atom is 0.328 e. The van der Waals surface area contributed by atoms with Gasteiger partial charge in [-0.3, -0.25) is 24.0 Å². The third kappa shape index (κ3) is 14.8. The first-order valence-corrected chi connectivity index (χ1v) is 17.5. The van der Waals surface area contributed by atoms with E-state index in [0.717, 1.165) is 31.8 Å². The first-order valence-electron chi connectivity index (χ1n) is 17.5. The van der Waals surface area contributed by atoms with E-state index in [-0.39, 0.29) is 37.0 Å². The van der Waals surface area contributed by atoms with Gasteiger partial charge in [-0.1, -0.05) is 84.2 Å². The summed E-state index contributed by atoms with van der Waals surface area (Å²) in [5, 5.41) is 23.2. The van der Waals surface area contributed by atoms with Crippen LogP contribution in [0.1, 0.15) is 85.6 Å². The predicted molar refractivity (Wildman–Crippen MR) is 189 cm³/mol. The highest BCUT2D eigenvalue weighted by Gasteiger charge is 2.31. The van der Waals surface area contributed by atoms with Gasteiger partial charge in [0.2, 0.25) is 29.5 Å². The summed E-state index contributed by atoms with van der Waals surface area (Å²) in [6.07, 6.45) is 11.8. The Morgan fingerprint density at radius 3 is 2.30 bits per heavy atom. The van der Waals surface area contributed by atoms with Crippen molar-refractivity contribution in [3.05, 3.63) is 54.1 Å². The molecule has 0 aliphatic carbocycles. The first-order chi connectivity index (χ1) is 23.7. The van der Waals surface area contributed by atoms with Crippen LogP contribution in [-0.2, 0) is 39.9 Å². The molecule has 1 aromatic rings. The molecule has 1 aliphatic heterocycles. The molecule has 0 radical (unpaired) electrons. The molecule has 0 bridgehead atoms. The largest absolute Gasteiger partial charge is 0.508 e. The molecule has 0 unspecified atom stereocenters. The van der Waals surface area contributed by atoms with Crippen molar-refractivity contribution in [2.45, 2.75) is 117 Å². The van der Waals surface area contributed by atoms with Crippen LogP contribution in [0.25, 0.3) is 0 Å². The van der Waals surface area contributed by atoms with Crippen molar-refractivity contribution in [1.82, 2.24) is 26.6 Å². The Morgan fingerprint density at radius 2 is 1.66 bits per heavy atom. The molecular formula is C37H55N5O8. The third-order valence-electron chi connectivity index (χ3n) is 8.14. The molecule has 0 saturated heterocycles. The van der Waals surface area contributed by atoms with Gasteiger partial charge in [-0.2, -0.15) is 0 Å². The number of aromatic hydroxyl groups is 1. The summed E-state index contributed by atoms with van der Waals surface area (Å²) < 4.78 is 5.35. The van der Waals surface area contributed by atoms with Gasteiger partial charge in [-0.25, -0.2) is 4.79 Å². The Bertz CT molecular complexity index is 1360. The zero-order valence-electron chi connectivity index (χ0n) is 30.1. The molecule has 6 N–H and O–H groups in total. The van der Waals surface area contributed by atoms with Crippen LogP contribution in [0.3, 0.4) is 0 Å². The fourth-order valence-electron chi connectivity index (χ4n) is 5.13. The lowest BCUT2D eigenvalue weighted by Crippen LogP contribution is -2.57. The molecule has 2 rings (SSSR count). The molecule has 0 spiro atoms. The van der Waals surface area contributed by atoms with Crippen LogP contribution in [-0.4, -0.2) is 77.4 Å². The van der Waals surface area contributed by atoms with Crippen LogP contribution in [0.2, 0.25) is 0 Å². The summed E-state index contributed by atoms with van der Waals surface area (Å²) in [6, 6.07) is 1.31. The zero-order chi connectivity index (χ0) is 37.2.